The van der Waals surface area contributed by atoms with Crippen LogP contribution >= 0.6 is 0 Å². The molecule has 0 aromatic carbocycles. The van der Waals surface area contributed by atoms with Crippen LogP contribution in [0.4, 0.5) is 4.79 Å². The van der Waals surface area contributed by atoms with Crippen LogP contribution in [0, 0.1) is 0 Å². The molecule has 0 aromatic rings. The third-order valence-corrected chi connectivity index (χ3v) is 2.74. The molecule has 1 amide bonds. The molecule has 2 aliphatic rings. The molecule has 2 unspecified atom stereocenters. The lowest BCUT2D eigenvalue weighted by molar-refractivity contribution is -0.0711. The van der Waals surface area contributed by atoms with Gasteiger partial charge in [-0.1, -0.05) is 0 Å². The number of hydrogen-bond acceptors (Lipinski definition) is 4. The van der Waals surface area contributed by atoms with Crippen LogP contribution in [0.2, 0.25) is 0 Å². The molecule has 2 rings (SSSR count). The summed E-state index contributed by atoms with van der Waals surface area (Å²) in [5, 5.41) is 0. The molecule has 80 valence electrons. The first-order valence-electron chi connectivity index (χ1n) is 5.09. The fraction of sp³-hybridized carbons (Fsp3) is 0.889. The topological polar surface area (TPSA) is 64.8 Å². The maximum atomic E-state index is 11.4. The van der Waals surface area contributed by atoms with E-state index in [-0.39, 0.29) is 18.4 Å². The Morgan fingerprint density at radius 2 is 2.36 bits per heavy atom. The molecule has 0 bridgehead atoms. The van der Waals surface area contributed by atoms with E-state index in [1.807, 2.05) is 0 Å². The summed E-state index contributed by atoms with van der Waals surface area (Å²) in [6.45, 7) is 1.56. The van der Waals surface area contributed by atoms with Gasteiger partial charge in [-0.15, -0.1) is 0 Å². The van der Waals surface area contributed by atoms with Crippen molar-refractivity contribution in [2.45, 2.75) is 31.5 Å². The summed E-state index contributed by atoms with van der Waals surface area (Å²) >= 11 is 0. The Morgan fingerprint density at radius 1 is 1.50 bits per heavy atom. The van der Waals surface area contributed by atoms with Crippen LogP contribution in [0.3, 0.4) is 0 Å². The van der Waals surface area contributed by atoms with Crippen LogP contribution in [-0.2, 0) is 9.47 Å². The number of ether oxygens (including phenoxy) is 2. The lowest BCUT2D eigenvalue weighted by Crippen LogP contribution is -2.47. The summed E-state index contributed by atoms with van der Waals surface area (Å²) < 4.78 is 10.5. The van der Waals surface area contributed by atoms with Gasteiger partial charge in [-0.2, -0.15) is 0 Å². The van der Waals surface area contributed by atoms with Crippen molar-refractivity contribution in [1.82, 2.24) is 4.90 Å². The maximum Gasteiger partial charge on any atom is 0.412 e. The van der Waals surface area contributed by atoms with Crippen LogP contribution in [0.5, 0.6) is 0 Å². The fourth-order valence-electron chi connectivity index (χ4n) is 1.95. The SMILES string of the molecule is NCC1COC(=O)N1C1CCCCO1. The van der Waals surface area contributed by atoms with Crippen molar-refractivity contribution in [3.8, 4) is 0 Å². The van der Waals surface area contributed by atoms with Gasteiger partial charge in [0.2, 0.25) is 0 Å². The quantitative estimate of drug-likeness (QED) is 0.696. The van der Waals surface area contributed by atoms with E-state index < -0.39 is 0 Å². The van der Waals surface area contributed by atoms with Gasteiger partial charge in [-0.05, 0) is 19.3 Å². The zero-order valence-electron chi connectivity index (χ0n) is 8.15. The molecule has 2 saturated heterocycles. The zero-order chi connectivity index (χ0) is 9.97. The number of amides is 1. The van der Waals surface area contributed by atoms with E-state index in [0.717, 1.165) is 25.9 Å². The summed E-state index contributed by atoms with van der Waals surface area (Å²) in [6, 6.07) is -0.00870. The number of carbonyl (C=O) groups is 1. The van der Waals surface area contributed by atoms with Crippen molar-refractivity contribution < 1.29 is 14.3 Å². The van der Waals surface area contributed by atoms with Crippen molar-refractivity contribution in [3.05, 3.63) is 0 Å². The largest absolute Gasteiger partial charge is 0.447 e. The lowest BCUT2D eigenvalue weighted by atomic mass is 10.1. The molecule has 5 nitrogen and oxygen atoms in total. The first-order chi connectivity index (χ1) is 6.83. The fourth-order valence-corrected chi connectivity index (χ4v) is 1.95. The van der Waals surface area contributed by atoms with Crippen LogP contribution in [0.25, 0.3) is 0 Å². The van der Waals surface area contributed by atoms with Gasteiger partial charge < -0.3 is 15.2 Å². The molecule has 14 heavy (non-hydrogen) atoms. The highest BCUT2D eigenvalue weighted by Crippen LogP contribution is 2.23. The van der Waals surface area contributed by atoms with Gasteiger partial charge in [0.05, 0.1) is 6.04 Å². The van der Waals surface area contributed by atoms with Crippen molar-refractivity contribution in [3.63, 3.8) is 0 Å². The number of nitrogens with two attached hydrogens (primary N) is 1. The second-order valence-corrected chi connectivity index (χ2v) is 3.69. The first-order valence-corrected chi connectivity index (χ1v) is 5.09. The monoisotopic (exact) mass is 200 g/mol. The second kappa shape index (κ2) is 4.14. The summed E-state index contributed by atoms with van der Waals surface area (Å²) in [5.74, 6) is 0. The van der Waals surface area contributed by atoms with Gasteiger partial charge in [0, 0.05) is 13.2 Å². The molecule has 2 atom stereocenters. The highest BCUT2D eigenvalue weighted by molar-refractivity contribution is 5.70. The number of nitrogens with zero attached hydrogens (tertiary/aromatic N) is 1. The molecule has 5 heteroatoms. The Balaban J connectivity index is 2.01. The van der Waals surface area contributed by atoms with E-state index in [9.17, 15) is 4.79 Å². The standard InChI is InChI=1S/C9H16N2O3/c10-5-7-6-14-9(12)11(7)8-3-1-2-4-13-8/h7-8H,1-6,10H2. The number of hydrogen-bond donors (Lipinski definition) is 1. The summed E-state index contributed by atoms with van der Waals surface area (Å²) in [6.07, 6.45) is 2.67. The summed E-state index contributed by atoms with van der Waals surface area (Å²) in [7, 11) is 0. The van der Waals surface area contributed by atoms with Crippen LogP contribution < -0.4 is 5.73 Å². The number of carbonyl (C=O) groups excluding carboxylic acids is 1. The van der Waals surface area contributed by atoms with Crippen molar-refractivity contribution >= 4 is 6.09 Å². The smallest absolute Gasteiger partial charge is 0.412 e. The molecule has 2 N–H and O–H groups in total. The average molecular weight is 200 g/mol. The third-order valence-electron chi connectivity index (χ3n) is 2.74. The minimum absolute atomic E-state index is 0.00870. The average Bonchev–Trinajstić information content (AvgIpc) is 2.61. The highest BCUT2D eigenvalue weighted by atomic mass is 16.6. The Bertz CT molecular complexity index is 216. The number of rotatable bonds is 2. The van der Waals surface area contributed by atoms with Gasteiger partial charge in [-0.25, -0.2) is 4.79 Å². The van der Waals surface area contributed by atoms with E-state index in [2.05, 4.69) is 0 Å². The molecule has 2 heterocycles. The minimum Gasteiger partial charge on any atom is -0.447 e. The van der Waals surface area contributed by atoms with E-state index in [0.29, 0.717) is 13.2 Å². The van der Waals surface area contributed by atoms with Gasteiger partial charge in [0.1, 0.15) is 12.8 Å². The predicted octanol–water partition coefficient (Wildman–Crippen LogP) is 0.292. The Morgan fingerprint density at radius 3 is 3.00 bits per heavy atom. The third kappa shape index (κ3) is 1.69. The molecule has 0 aromatic heterocycles. The van der Waals surface area contributed by atoms with Crippen molar-refractivity contribution in [1.29, 1.82) is 0 Å². The molecule has 0 spiro atoms. The Labute approximate surface area is 83.1 Å². The zero-order valence-corrected chi connectivity index (χ0v) is 8.15. The van der Waals surface area contributed by atoms with E-state index >= 15 is 0 Å². The van der Waals surface area contributed by atoms with E-state index in [4.69, 9.17) is 15.2 Å². The first kappa shape index (κ1) is 9.73. The molecule has 0 saturated carbocycles. The lowest BCUT2D eigenvalue weighted by Gasteiger charge is -2.32. The number of cyclic esters (lactones) is 1. The van der Waals surface area contributed by atoms with Crippen LogP contribution in [0.1, 0.15) is 19.3 Å². The maximum absolute atomic E-state index is 11.4. The van der Waals surface area contributed by atoms with Gasteiger partial charge >= 0.3 is 6.09 Å². The van der Waals surface area contributed by atoms with Gasteiger partial charge in [-0.3, -0.25) is 4.90 Å². The molecular formula is C9H16N2O3. The molecule has 2 fully saturated rings. The normalized spacial score (nSPS) is 33.2. The summed E-state index contributed by atoms with van der Waals surface area (Å²) in [5.41, 5.74) is 5.56. The molecule has 2 aliphatic heterocycles. The highest BCUT2D eigenvalue weighted by Gasteiger charge is 2.38. The van der Waals surface area contributed by atoms with Crippen LogP contribution in [0.15, 0.2) is 0 Å². The molecular weight excluding hydrogens is 184 g/mol. The van der Waals surface area contributed by atoms with Crippen LogP contribution in [-0.4, -0.2) is 43.0 Å². The summed E-state index contributed by atoms with van der Waals surface area (Å²) in [4.78, 5) is 13.1. The minimum atomic E-state index is -0.285. The Kier molecular flexibility index (Phi) is 2.88. The van der Waals surface area contributed by atoms with E-state index in [1.54, 1.807) is 4.90 Å². The molecule has 0 radical (unpaired) electrons. The second-order valence-electron chi connectivity index (χ2n) is 3.69. The Hall–Kier alpha value is -0.810. The van der Waals surface area contributed by atoms with Crippen molar-refractivity contribution in [2.24, 2.45) is 5.73 Å². The van der Waals surface area contributed by atoms with Gasteiger partial charge in [0.25, 0.3) is 0 Å². The predicted molar refractivity (Wildman–Crippen MR) is 49.6 cm³/mol. The van der Waals surface area contributed by atoms with E-state index in [1.165, 1.54) is 0 Å². The van der Waals surface area contributed by atoms with Crippen molar-refractivity contribution in [2.75, 3.05) is 19.8 Å². The van der Waals surface area contributed by atoms with Gasteiger partial charge in [0.15, 0.2) is 0 Å². The molecule has 0 aliphatic carbocycles.